The molecule has 2 nitrogen and oxygen atoms in total. The lowest BCUT2D eigenvalue weighted by Gasteiger charge is -2.38. The van der Waals surface area contributed by atoms with Crippen LogP contribution in [0.1, 0.15) is 43.3 Å². The molecule has 0 aliphatic heterocycles. The van der Waals surface area contributed by atoms with Gasteiger partial charge in [0, 0.05) is 17.5 Å². The molecule has 1 aromatic heterocycles. The van der Waals surface area contributed by atoms with Crippen molar-refractivity contribution in [1.82, 2.24) is 4.98 Å². The Bertz CT molecular complexity index is 337. The predicted octanol–water partition coefficient (Wildman–Crippen LogP) is 3.15. The minimum absolute atomic E-state index is 0.344. The first-order chi connectivity index (χ1) is 7.63. The van der Waals surface area contributed by atoms with Gasteiger partial charge in [-0.05, 0) is 37.6 Å². The van der Waals surface area contributed by atoms with E-state index in [9.17, 15) is 0 Å². The van der Waals surface area contributed by atoms with Crippen molar-refractivity contribution in [3.8, 4) is 0 Å². The van der Waals surface area contributed by atoms with Crippen molar-refractivity contribution in [1.29, 1.82) is 0 Å². The first-order valence-electron chi connectivity index (χ1n) is 6.25. The number of hydrogen-bond acceptors (Lipinski definition) is 3. The van der Waals surface area contributed by atoms with E-state index in [1.54, 1.807) is 11.3 Å². The van der Waals surface area contributed by atoms with Crippen LogP contribution >= 0.6 is 11.3 Å². The van der Waals surface area contributed by atoms with Crippen LogP contribution in [0, 0.1) is 18.3 Å². The lowest BCUT2D eigenvalue weighted by Crippen LogP contribution is -2.36. The highest BCUT2D eigenvalue weighted by Crippen LogP contribution is 2.40. The third kappa shape index (κ3) is 2.64. The molecule has 0 aromatic carbocycles. The van der Waals surface area contributed by atoms with E-state index in [2.05, 4.69) is 24.2 Å². The molecular formula is C13H22N2S. The SMILES string of the molecule is Cc1csc(CC2(CN)CCC(C)CC2)n1. The fraction of sp³-hybridized carbons (Fsp3) is 0.769. The van der Waals surface area contributed by atoms with Crippen LogP contribution in [-0.2, 0) is 6.42 Å². The summed E-state index contributed by atoms with van der Waals surface area (Å²) in [5.41, 5.74) is 7.51. The smallest absolute Gasteiger partial charge is 0.0934 e. The lowest BCUT2D eigenvalue weighted by molar-refractivity contribution is 0.163. The zero-order valence-electron chi connectivity index (χ0n) is 10.3. The van der Waals surface area contributed by atoms with Gasteiger partial charge in [0.1, 0.15) is 0 Å². The molecular weight excluding hydrogens is 216 g/mol. The molecule has 0 spiro atoms. The highest BCUT2D eigenvalue weighted by Gasteiger charge is 2.33. The van der Waals surface area contributed by atoms with Gasteiger partial charge in [0.2, 0.25) is 0 Å². The minimum atomic E-state index is 0.344. The van der Waals surface area contributed by atoms with Gasteiger partial charge in [-0.2, -0.15) is 0 Å². The number of nitrogens with zero attached hydrogens (tertiary/aromatic N) is 1. The summed E-state index contributed by atoms with van der Waals surface area (Å²) in [6, 6.07) is 0. The van der Waals surface area contributed by atoms with E-state index in [4.69, 9.17) is 5.73 Å². The van der Waals surface area contributed by atoms with Crippen molar-refractivity contribution in [3.05, 3.63) is 16.1 Å². The Morgan fingerprint density at radius 3 is 2.69 bits per heavy atom. The number of aromatic nitrogens is 1. The van der Waals surface area contributed by atoms with E-state index >= 15 is 0 Å². The van der Waals surface area contributed by atoms with E-state index in [-0.39, 0.29) is 0 Å². The summed E-state index contributed by atoms with van der Waals surface area (Å²) in [5, 5.41) is 3.42. The zero-order chi connectivity index (χ0) is 11.6. The second-order valence-corrected chi connectivity index (χ2v) is 6.39. The highest BCUT2D eigenvalue weighted by atomic mass is 32.1. The standard InChI is InChI=1S/C13H22N2S/c1-10-3-5-13(9-14,6-4-10)7-12-15-11(2)8-16-12/h8,10H,3-7,9,14H2,1-2H3. The molecule has 0 unspecified atom stereocenters. The van der Waals surface area contributed by atoms with Gasteiger partial charge in [-0.25, -0.2) is 4.98 Å². The first-order valence-corrected chi connectivity index (χ1v) is 7.13. The summed E-state index contributed by atoms with van der Waals surface area (Å²) >= 11 is 1.79. The molecule has 1 aliphatic carbocycles. The van der Waals surface area contributed by atoms with Crippen molar-refractivity contribution in [3.63, 3.8) is 0 Å². The van der Waals surface area contributed by atoms with Gasteiger partial charge in [-0.1, -0.05) is 19.8 Å². The highest BCUT2D eigenvalue weighted by molar-refractivity contribution is 7.09. The molecule has 1 aliphatic rings. The van der Waals surface area contributed by atoms with E-state index < -0.39 is 0 Å². The summed E-state index contributed by atoms with van der Waals surface area (Å²) in [6.07, 6.45) is 6.32. The van der Waals surface area contributed by atoms with Crippen molar-refractivity contribution < 1.29 is 0 Å². The molecule has 0 bridgehead atoms. The summed E-state index contributed by atoms with van der Waals surface area (Å²) in [4.78, 5) is 4.58. The zero-order valence-corrected chi connectivity index (χ0v) is 11.1. The number of nitrogens with two attached hydrogens (primary N) is 1. The molecule has 1 saturated carbocycles. The van der Waals surface area contributed by atoms with Crippen molar-refractivity contribution >= 4 is 11.3 Å². The average Bonchev–Trinajstić information content (AvgIpc) is 2.68. The van der Waals surface area contributed by atoms with Gasteiger partial charge in [-0.3, -0.25) is 0 Å². The summed E-state index contributed by atoms with van der Waals surface area (Å²) < 4.78 is 0. The summed E-state index contributed by atoms with van der Waals surface area (Å²) in [6.45, 7) is 5.24. The van der Waals surface area contributed by atoms with Crippen LogP contribution < -0.4 is 5.73 Å². The molecule has 0 radical (unpaired) electrons. The molecule has 1 fully saturated rings. The second kappa shape index (κ2) is 4.84. The lowest BCUT2D eigenvalue weighted by atomic mass is 9.69. The number of hydrogen-bond donors (Lipinski definition) is 1. The Balaban J connectivity index is 2.04. The molecule has 3 heteroatoms. The van der Waals surface area contributed by atoms with Crippen LogP contribution in [0.25, 0.3) is 0 Å². The Labute approximate surface area is 102 Å². The van der Waals surface area contributed by atoms with Crippen LogP contribution in [0.2, 0.25) is 0 Å². The van der Waals surface area contributed by atoms with Gasteiger partial charge < -0.3 is 5.73 Å². The van der Waals surface area contributed by atoms with E-state index in [1.165, 1.54) is 30.7 Å². The monoisotopic (exact) mass is 238 g/mol. The van der Waals surface area contributed by atoms with Gasteiger partial charge >= 0.3 is 0 Å². The number of rotatable bonds is 3. The Morgan fingerprint density at radius 2 is 2.19 bits per heavy atom. The number of thiazole rings is 1. The Morgan fingerprint density at radius 1 is 1.50 bits per heavy atom. The van der Waals surface area contributed by atoms with Gasteiger partial charge in [0.05, 0.1) is 5.01 Å². The summed E-state index contributed by atoms with van der Waals surface area (Å²) in [5.74, 6) is 0.887. The van der Waals surface area contributed by atoms with Crippen molar-refractivity contribution in [2.45, 2.75) is 46.0 Å². The topological polar surface area (TPSA) is 38.9 Å². The van der Waals surface area contributed by atoms with Gasteiger partial charge in [0.15, 0.2) is 0 Å². The quantitative estimate of drug-likeness (QED) is 0.878. The van der Waals surface area contributed by atoms with Crippen molar-refractivity contribution in [2.75, 3.05) is 6.54 Å². The van der Waals surface area contributed by atoms with Crippen LogP contribution in [0.5, 0.6) is 0 Å². The fourth-order valence-electron chi connectivity index (χ4n) is 2.63. The maximum absolute atomic E-state index is 6.02. The second-order valence-electron chi connectivity index (χ2n) is 5.45. The van der Waals surface area contributed by atoms with Crippen LogP contribution in [-0.4, -0.2) is 11.5 Å². The normalized spacial score (nSPS) is 30.6. The van der Waals surface area contributed by atoms with Crippen LogP contribution in [0.4, 0.5) is 0 Å². The van der Waals surface area contributed by atoms with E-state index in [0.717, 1.165) is 24.6 Å². The van der Waals surface area contributed by atoms with E-state index in [1.807, 2.05) is 0 Å². The van der Waals surface area contributed by atoms with Crippen molar-refractivity contribution in [2.24, 2.45) is 17.1 Å². The first kappa shape index (κ1) is 12.1. The third-order valence-corrected chi connectivity index (χ3v) is 4.93. The molecule has 1 heterocycles. The van der Waals surface area contributed by atoms with Gasteiger partial charge in [0.25, 0.3) is 0 Å². The molecule has 2 rings (SSSR count). The molecule has 90 valence electrons. The number of aryl methyl sites for hydroxylation is 1. The van der Waals surface area contributed by atoms with Crippen LogP contribution in [0.15, 0.2) is 5.38 Å². The van der Waals surface area contributed by atoms with E-state index in [0.29, 0.717) is 5.41 Å². The largest absolute Gasteiger partial charge is 0.330 e. The maximum Gasteiger partial charge on any atom is 0.0934 e. The minimum Gasteiger partial charge on any atom is -0.330 e. The molecule has 0 saturated heterocycles. The third-order valence-electron chi connectivity index (χ3n) is 3.96. The predicted molar refractivity (Wildman–Crippen MR) is 69.7 cm³/mol. The Kier molecular flexibility index (Phi) is 3.65. The fourth-order valence-corrected chi connectivity index (χ4v) is 3.58. The molecule has 0 amide bonds. The van der Waals surface area contributed by atoms with Gasteiger partial charge in [-0.15, -0.1) is 11.3 Å². The summed E-state index contributed by atoms with van der Waals surface area (Å²) in [7, 11) is 0. The maximum atomic E-state index is 6.02. The molecule has 2 N–H and O–H groups in total. The Hall–Kier alpha value is -0.410. The molecule has 16 heavy (non-hydrogen) atoms. The van der Waals surface area contributed by atoms with Crippen LogP contribution in [0.3, 0.4) is 0 Å². The molecule has 0 atom stereocenters. The average molecular weight is 238 g/mol. The molecule has 1 aromatic rings.